The molecule has 56 heavy (non-hydrogen) atoms. The molecule has 25 heteroatoms. The van der Waals surface area contributed by atoms with Gasteiger partial charge in [0.2, 0.25) is 11.8 Å². The molecule has 4 rings (SSSR count). The molecule has 0 aromatic heterocycles. The van der Waals surface area contributed by atoms with Gasteiger partial charge in [-0.2, -0.15) is 0 Å². The molecule has 4 saturated heterocycles. The maximum absolute atomic E-state index is 12.8. The van der Waals surface area contributed by atoms with E-state index in [1.807, 2.05) is 0 Å². The highest BCUT2D eigenvalue weighted by Crippen LogP contribution is 2.38. The van der Waals surface area contributed by atoms with Crippen molar-refractivity contribution < 1.29 is 114 Å². The molecule has 21 atom stereocenters. The standard InChI is InChI=1S/C31H52N2O23/c1-8-17(40)21(44)22(45)28(51-8)50-7-14-24(20(43)16(27(47)52-14)33-10(3)37)54-29-23(46)26(19(42)13(6-35)53-29)56-31(30(48)49)4-11(38)15(32-9(2)36)25(55-31)18(41)12(39)5-34/h8,11-29,34-35,38-47H,4-7H2,1-3H3,(H,32,36)(H,33,37)(H,48,49)/t8-,11-,12+,13+,14+,15+,16+,17+,18+,19-,20+,21+,22-,23+,24+,25+,26-,27?,28+,29-,31-/m0/s1. The molecular weight excluding hydrogens is 768 g/mol. The molecule has 2 amide bonds. The second-order valence-corrected chi connectivity index (χ2v) is 14.1. The minimum absolute atomic E-state index is 0.732. The second-order valence-electron chi connectivity index (χ2n) is 14.1. The maximum atomic E-state index is 12.8. The summed E-state index contributed by atoms with van der Waals surface area (Å²) in [6, 6.07) is -3.21. The van der Waals surface area contributed by atoms with E-state index in [0.29, 0.717) is 0 Å². The number of aliphatic hydroxyl groups is 12. The molecule has 0 bridgehead atoms. The third-order valence-corrected chi connectivity index (χ3v) is 9.92. The number of aliphatic hydroxyl groups excluding tert-OH is 12. The van der Waals surface area contributed by atoms with Crippen LogP contribution in [0.1, 0.15) is 27.2 Å². The molecule has 4 aliphatic rings. The van der Waals surface area contributed by atoms with E-state index >= 15 is 0 Å². The number of hydrogen-bond acceptors (Lipinski definition) is 22. The van der Waals surface area contributed by atoms with Crippen LogP contribution in [0.3, 0.4) is 0 Å². The monoisotopic (exact) mass is 820 g/mol. The summed E-state index contributed by atoms with van der Waals surface area (Å²) in [6.45, 7) is 0.576. The van der Waals surface area contributed by atoms with E-state index in [2.05, 4.69) is 10.6 Å². The molecule has 4 fully saturated rings. The number of carboxylic acids is 1. The zero-order valence-electron chi connectivity index (χ0n) is 30.3. The summed E-state index contributed by atoms with van der Waals surface area (Å²) in [7, 11) is 0. The zero-order valence-corrected chi connectivity index (χ0v) is 30.3. The molecule has 0 aromatic rings. The number of aliphatic carboxylic acids is 1. The molecule has 0 aromatic carbocycles. The van der Waals surface area contributed by atoms with Crippen LogP contribution in [0.15, 0.2) is 0 Å². The summed E-state index contributed by atoms with van der Waals surface area (Å²) < 4.78 is 39.1. The second kappa shape index (κ2) is 19.1. The smallest absolute Gasteiger partial charge is 0.364 e. The van der Waals surface area contributed by atoms with Crippen molar-refractivity contribution in [1.82, 2.24) is 10.6 Å². The van der Waals surface area contributed by atoms with E-state index < -0.39 is 172 Å². The Kier molecular flexibility index (Phi) is 15.8. The van der Waals surface area contributed by atoms with Gasteiger partial charge in [0.25, 0.3) is 5.79 Å². The fourth-order valence-electron chi connectivity index (χ4n) is 6.90. The van der Waals surface area contributed by atoms with Gasteiger partial charge in [-0.3, -0.25) is 9.59 Å². The molecule has 1 unspecified atom stereocenters. The lowest BCUT2D eigenvalue weighted by molar-refractivity contribution is -0.383. The van der Waals surface area contributed by atoms with Gasteiger partial charge in [0.1, 0.15) is 85.4 Å². The Morgan fingerprint density at radius 2 is 1.39 bits per heavy atom. The van der Waals surface area contributed by atoms with E-state index in [-0.39, 0.29) is 0 Å². The highest BCUT2D eigenvalue weighted by molar-refractivity contribution is 5.76. The third-order valence-electron chi connectivity index (χ3n) is 9.92. The van der Waals surface area contributed by atoms with E-state index in [4.69, 9.17) is 33.2 Å². The fraction of sp³-hybridized carbons (Fsp3) is 0.903. The number of hydrogen-bond donors (Lipinski definition) is 15. The summed E-state index contributed by atoms with van der Waals surface area (Å²) in [4.78, 5) is 36.6. The van der Waals surface area contributed by atoms with Crippen molar-refractivity contribution in [2.45, 2.75) is 155 Å². The van der Waals surface area contributed by atoms with Gasteiger partial charge in [0.05, 0.1) is 38.1 Å². The Morgan fingerprint density at radius 1 is 0.768 bits per heavy atom. The minimum Gasteiger partial charge on any atom is -0.477 e. The van der Waals surface area contributed by atoms with Crippen LogP contribution in [0.5, 0.6) is 0 Å². The molecule has 15 N–H and O–H groups in total. The number of carbonyl (C=O) groups excluding carboxylic acids is 2. The Labute approximate surface area is 317 Å². The van der Waals surface area contributed by atoms with E-state index in [1.165, 1.54) is 6.92 Å². The molecule has 0 radical (unpaired) electrons. The van der Waals surface area contributed by atoms with Gasteiger partial charge in [-0.15, -0.1) is 0 Å². The summed E-state index contributed by atoms with van der Waals surface area (Å²) in [6.07, 6.45) is -34.6. The normalized spacial score (nSPS) is 45.7. The summed E-state index contributed by atoms with van der Waals surface area (Å²) in [5.41, 5.74) is 0. The van der Waals surface area contributed by atoms with E-state index in [9.17, 15) is 80.8 Å². The van der Waals surface area contributed by atoms with Crippen LogP contribution >= 0.6 is 0 Å². The highest BCUT2D eigenvalue weighted by Gasteiger charge is 2.60. The summed E-state index contributed by atoms with van der Waals surface area (Å²) >= 11 is 0. The average molecular weight is 821 g/mol. The Balaban J connectivity index is 1.64. The molecule has 4 aliphatic heterocycles. The Hall–Kier alpha value is -2.35. The van der Waals surface area contributed by atoms with Gasteiger partial charge in [-0.1, -0.05) is 0 Å². The lowest BCUT2D eigenvalue weighted by Gasteiger charge is -2.50. The van der Waals surface area contributed by atoms with Crippen molar-refractivity contribution in [2.24, 2.45) is 0 Å². The summed E-state index contributed by atoms with van der Waals surface area (Å²) in [5.74, 6) is -6.65. The van der Waals surface area contributed by atoms with Gasteiger partial charge in [0, 0.05) is 20.3 Å². The predicted octanol–water partition coefficient (Wildman–Crippen LogP) is -9.23. The van der Waals surface area contributed by atoms with Crippen LogP contribution in [0, 0.1) is 0 Å². The van der Waals surface area contributed by atoms with Gasteiger partial charge >= 0.3 is 5.97 Å². The Morgan fingerprint density at radius 3 is 1.96 bits per heavy atom. The third kappa shape index (κ3) is 9.91. The van der Waals surface area contributed by atoms with Gasteiger partial charge in [-0.25, -0.2) is 4.79 Å². The number of nitrogens with one attached hydrogen (secondary N) is 2. The zero-order chi connectivity index (χ0) is 42.0. The predicted molar refractivity (Wildman–Crippen MR) is 173 cm³/mol. The molecule has 324 valence electrons. The first-order chi connectivity index (χ1) is 26.2. The summed E-state index contributed by atoms with van der Waals surface area (Å²) in [5, 5.41) is 142. The number of rotatable bonds is 14. The van der Waals surface area contributed by atoms with Gasteiger partial charge in [-0.05, 0) is 6.92 Å². The molecule has 0 aliphatic carbocycles. The van der Waals surface area contributed by atoms with Gasteiger partial charge < -0.3 is 110 Å². The van der Waals surface area contributed by atoms with Crippen molar-refractivity contribution in [3.8, 4) is 0 Å². The Bertz CT molecular complexity index is 1330. The minimum atomic E-state index is -3.11. The lowest BCUT2D eigenvalue weighted by Crippen LogP contribution is -2.71. The van der Waals surface area contributed by atoms with Crippen LogP contribution in [0.2, 0.25) is 0 Å². The number of carbonyl (C=O) groups is 3. The molecule has 25 nitrogen and oxygen atoms in total. The van der Waals surface area contributed by atoms with E-state index in [0.717, 1.165) is 13.8 Å². The number of carboxylic acid groups (broad SMARTS) is 1. The molecular formula is C31H52N2O23. The highest BCUT2D eigenvalue weighted by atomic mass is 16.8. The van der Waals surface area contributed by atoms with Crippen LogP contribution in [-0.2, 0) is 47.5 Å². The first kappa shape index (κ1) is 46.3. The van der Waals surface area contributed by atoms with Crippen LogP contribution < -0.4 is 10.6 Å². The average Bonchev–Trinajstić information content (AvgIpc) is 3.13. The maximum Gasteiger partial charge on any atom is 0.364 e. The SMILES string of the molecule is CC(=O)N[C@H]1[C@H]([C@H](O)[C@H](O)CO)O[C@@](O[C@H]2[C@@H](O)[C@@H](CO)O[C@@H](O[C@H]3[C@H](O)[C@@H](NC(C)=O)C(O)O[C@@H]3CO[C@@H]3O[C@@H](C)[C@@H](O)[C@@H](O)[C@@H]3O)[C@@H]2O)(C(=O)O)C[C@@H]1O. The van der Waals surface area contributed by atoms with Crippen molar-refractivity contribution in [3.63, 3.8) is 0 Å². The van der Waals surface area contributed by atoms with Crippen LogP contribution in [-0.4, -0.2) is 232 Å². The van der Waals surface area contributed by atoms with E-state index in [1.54, 1.807) is 0 Å². The largest absolute Gasteiger partial charge is 0.477 e. The number of amides is 2. The first-order valence-corrected chi connectivity index (χ1v) is 17.6. The van der Waals surface area contributed by atoms with Crippen molar-refractivity contribution in [1.29, 1.82) is 0 Å². The first-order valence-electron chi connectivity index (χ1n) is 17.6. The number of ether oxygens (including phenoxy) is 7. The van der Waals surface area contributed by atoms with Crippen LogP contribution in [0.25, 0.3) is 0 Å². The topological polar surface area (TPSA) is 403 Å². The van der Waals surface area contributed by atoms with Crippen molar-refractivity contribution >= 4 is 17.8 Å². The lowest BCUT2D eigenvalue weighted by atomic mass is 9.88. The van der Waals surface area contributed by atoms with Crippen molar-refractivity contribution in [3.05, 3.63) is 0 Å². The fourth-order valence-corrected chi connectivity index (χ4v) is 6.90. The molecule has 4 heterocycles. The molecule has 0 saturated carbocycles. The quantitative estimate of drug-likeness (QED) is 0.0773. The van der Waals surface area contributed by atoms with Crippen LogP contribution in [0.4, 0.5) is 0 Å². The van der Waals surface area contributed by atoms with Gasteiger partial charge in [0.15, 0.2) is 18.9 Å². The molecule has 0 spiro atoms. The van der Waals surface area contributed by atoms with Crippen molar-refractivity contribution in [2.75, 3.05) is 19.8 Å².